The van der Waals surface area contributed by atoms with Crippen molar-refractivity contribution in [2.45, 2.75) is 115 Å². The van der Waals surface area contributed by atoms with Crippen LogP contribution in [-0.4, -0.2) is 189 Å². The molecule has 0 aromatic heterocycles. The van der Waals surface area contributed by atoms with Gasteiger partial charge in [-0.3, -0.25) is 9.59 Å². The van der Waals surface area contributed by atoms with Crippen molar-refractivity contribution in [3.63, 3.8) is 0 Å². The van der Waals surface area contributed by atoms with E-state index in [4.69, 9.17) is 52.1 Å². The first-order valence-corrected chi connectivity index (χ1v) is 26.5. The standard InChI is InChI=1S/C22H34O9.C18H30O8.C16H26O6/c1-3-19(23)28-13-9-5-7-11-21(25)30-17-15-27-16-18-31-22(26)12-8-6-10-14-29-20(24)4-2;1-3-17(21)25-13-15(19)11-23-9-7-5-6-8-10-24-12-16(20)14-26-18(22)4-2;1-3-15(17)21-13-11-19-9-7-5-6-8-10-20-12-14-22-16(18)4-2/h3-4H,1-2,5-18H2;3-4,15-16,19-20H,1-2,5-14H2;3-4H,1-2,5-14H2. The van der Waals surface area contributed by atoms with Gasteiger partial charge in [-0.1, -0.05) is 65.2 Å². The van der Waals surface area contributed by atoms with Crippen LogP contribution in [0.2, 0.25) is 0 Å². The van der Waals surface area contributed by atoms with Crippen molar-refractivity contribution in [3.05, 3.63) is 75.9 Å². The van der Waals surface area contributed by atoms with E-state index in [0.29, 0.717) is 91.4 Å². The molecule has 23 heteroatoms. The number of hydrogen-bond acceptors (Lipinski definition) is 23. The molecule has 79 heavy (non-hydrogen) atoms. The lowest BCUT2D eigenvalue weighted by atomic mass is 10.2. The fraction of sp³-hybridized carbons (Fsp3) is 0.643. The third-order valence-electron chi connectivity index (χ3n) is 9.58. The molecule has 0 aliphatic rings. The molecule has 0 heterocycles. The Balaban J connectivity index is -0.00000111. The number of aliphatic hydroxyl groups excluding tert-OH is 2. The van der Waals surface area contributed by atoms with Crippen molar-refractivity contribution in [1.29, 1.82) is 0 Å². The summed E-state index contributed by atoms with van der Waals surface area (Å²) in [5, 5.41) is 19.0. The summed E-state index contributed by atoms with van der Waals surface area (Å²) in [5.74, 6) is -3.52. The van der Waals surface area contributed by atoms with Crippen molar-refractivity contribution < 1.29 is 110 Å². The van der Waals surface area contributed by atoms with Crippen LogP contribution in [0.3, 0.4) is 0 Å². The Morgan fingerprint density at radius 2 is 0.506 bits per heavy atom. The van der Waals surface area contributed by atoms with Crippen molar-refractivity contribution in [2.24, 2.45) is 0 Å². The lowest BCUT2D eigenvalue weighted by molar-refractivity contribution is -0.147. The highest BCUT2D eigenvalue weighted by Crippen LogP contribution is 2.05. The zero-order chi connectivity index (χ0) is 59.3. The SMILES string of the molecule is C=CC(=O)OCC(O)COCCCCCCOCC(O)COC(=O)C=C.C=CC(=O)OCCCCCC(=O)OCCOCCOC(=O)CCCCCOC(=O)C=C.C=CC(=O)OCCOCCCCCCOCCOC(=O)C=C. The zero-order valence-electron chi connectivity index (χ0n) is 46.4. The van der Waals surface area contributed by atoms with E-state index in [-0.39, 0.29) is 78.0 Å². The zero-order valence-corrected chi connectivity index (χ0v) is 46.4. The summed E-state index contributed by atoms with van der Waals surface area (Å²) in [4.78, 5) is 87.8. The third kappa shape index (κ3) is 64.3. The van der Waals surface area contributed by atoms with E-state index < -0.39 is 48.0 Å². The highest BCUT2D eigenvalue weighted by molar-refractivity contribution is 5.82. The van der Waals surface area contributed by atoms with Crippen molar-refractivity contribution in [2.75, 3.05) is 119 Å². The van der Waals surface area contributed by atoms with Gasteiger partial charge in [0.1, 0.15) is 51.8 Å². The molecule has 0 aromatic carbocycles. The fourth-order valence-electron chi connectivity index (χ4n) is 5.49. The molecule has 2 N–H and O–H groups in total. The number of unbranched alkanes of at least 4 members (excludes halogenated alkanes) is 10. The molecule has 23 nitrogen and oxygen atoms in total. The van der Waals surface area contributed by atoms with E-state index >= 15 is 0 Å². The molecule has 0 saturated carbocycles. The summed E-state index contributed by atoms with van der Waals surface area (Å²) in [6.45, 7) is 24.8. The van der Waals surface area contributed by atoms with Crippen molar-refractivity contribution in [3.8, 4) is 0 Å². The lowest BCUT2D eigenvalue weighted by Crippen LogP contribution is -2.23. The fourth-order valence-corrected chi connectivity index (χ4v) is 5.49. The van der Waals surface area contributed by atoms with Crippen LogP contribution in [-0.2, 0) is 99.9 Å². The number of carbonyl (C=O) groups excluding carboxylic acids is 8. The Labute approximate surface area is 466 Å². The molecule has 2 unspecified atom stereocenters. The number of ether oxygens (including phenoxy) is 13. The second kappa shape index (κ2) is 61.1. The maximum atomic E-state index is 11.5. The van der Waals surface area contributed by atoms with E-state index in [2.05, 4.69) is 48.9 Å². The highest BCUT2D eigenvalue weighted by Gasteiger charge is 2.09. The molecule has 0 spiro atoms. The van der Waals surface area contributed by atoms with Gasteiger partial charge in [0.2, 0.25) is 0 Å². The maximum absolute atomic E-state index is 11.5. The van der Waals surface area contributed by atoms with E-state index in [1.165, 1.54) is 0 Å². The molecule has 0 aromatic rings. The van der Waals surface area contributed by atoms with E-state index in [1.54, 1.807) is 0 Å². The second-order valence-electron chi connectivity index (χ2n) is 16.3. The Hall–Kier alpha value is -6.08. The van der Waals surface area contributed by atoms with Gasteiger partial charge in [0.15, 0.2) is 0 Å². The molecule has 0 amide bonds. The van der Waals surface area contributed by atoms with Gasteiger partial charge in [-0.05, 0) is 64.2 Å². The van der Waals surface area contributed by atoms with Crippen LogP contribution < -0.4 is 0 Å². The molecule has 0 bridgehead atoms. The summed E-state index contributed by atoms with van der Waals surface area (Å²) in [6.07, 6.45) is 17.3. The van der Waals surface area contributed by atoms with Crippen LogP contribution in [0.4, 0.5) is 0 Å². The Bertz CT molecular complexity index is 1550. The number of hydrogen-bond donors (Lipinski definition) is 2. The molecule has 0 fully saturated rings. The predicted octanol–water partition coefficient (Wildman–Crippen LogP) is 5.47. The number of esters is 8. The first kappa shape index (κ1) is 77.2. The second-order valence-corrected chi connectivity index (χ2v) is 16.3. The topological polar surface area (TPSA) is 297 Å². The molecule has 452 valence electrons. The molecule has 0 rings (SSSR count). The quantitative estimate of drug-likeness (QED) is 0.0330. The Morgan fingerprint density at radius 3 is 0.823 bits per heavy atom. The molecule has 2 atom stereocenters. The third-order valence-corrected chi connectivity index (χ3v) is 9.58. The van der Waals surface area contributed by atoms with Crippen LogP contribution in [0.25, 0.3) is 0 Å². The largest absolute Gasteiger partial charge is 0.463 e. The molecular formula is C56H90O23. The number of rotatable bonds is 52. The Kier molecular flexibility index (Phi) is 59.7. The Morgan fingerprint density at radius 1 is 0.266 bits per heavy atom. The smallest absolute Gasteiger partial charge is 0.330 e. The predicted molar refractivity (Wildman–Crippen MR) is 289 cm³/mol. The van der Waals surface area contributed by atoms with Gasteiger partial charge in [-0.25, -0.2) is 28.8 Å². The van der Waals surface area contributed by atoms with Gasteiger partial charge in [-0.15, -0.1) is 0 Å². The van der Waals surface area contributed by atoms with Crippen LogP contribution >= 0.6 is 0 Å². The van der Waals surface area contributed by atoms with Crippen LogP contribution in [0.1, 0.15) is 103 Å². The van der Waals surface area contributed by atoms with Crippen molar-refractivity contribution >= 4 is 47.8 Å². The first-order chi connectivity index (χ1) is 38.2. The van der Waals surface area contributed by atoms with Crippen molar-refractivity contribution in [1.82, 2.24) is 0 Å². The van der Waals surface area contributed by atoms with E-state index in [9.17, 15) is 48.6 Å². The van der Waals surface area contributed by atoms with Crippen LogP contribution in [0.15, 0.2) is 75.9 Å². The first-order valence-electron chi connectivity index (χ1n) is 26.5. The minimum atomic E-state index is -0.843. The monoisotopic (exact) mass is 1130 g/mol. The van der Waals surface area contributed by atoms with E-state index in [0.717, 1.165) is 101 Å². The summed E-state index contributed by atoms with van der Waals surface area (Å²) in [5.41, 5.74) is 0. The minimum absolute atomic E-state index is 0.110. The molecular weight excluding hydrogens is 1040 g/mol. The molecule has 0 aliphatic heterocycles. The molecule has 0 aliphatic carbocycles. The normalized spacial score (nSPS) is 11.0. The average molecular weight is 1130 g/mol. The van der Waals surface area contributed by atoms with Crippen LogP contribution in [0.5, 0.6) is 0 Å². The van der Waals surface area contributed by atoms with Gasteiger partial charge < -0.3 is 71.8 Å². The van der Waals surface area contributed by atoms with Gasteiger partial charge in [0.05, 0.1) is 52.9 Å². The van der Waals surface area contributed by atoms with E-state index in [1.807, 2.05) is 0 Å². The van der Waals surface area contributed by atoms with Gasteiger partial charge in [0.25, 0.3) is 0 Å². The van der Waals surface area contributed by atoms with Gasteiger partial charge >= 0.3 is 47.8 Å². The van der Waals surface area contributed by atoms with Gasteiger partial charge in [0, 0.05) is 75.7 Å². The summed E-state index contributed by atoms with van der Waals surface area (Å²) in [7, 11) is 0. The summed E-state index contributed by atoms with van der Waals surface area (Å²) in [6, 6.07) is 0. The summed E-state index contributed by atoms with van der Waals surface area (Å²) >= 11 is 0. The lowest BCUT2D eigenvalue weighted by Gasteiger charge is -2.11. The van der Waals surface area contributed by atoms with Crippen LogP contribution in [0, 0.1) is 0 Å². The summed E-state index contributed by atoms with van der Waals surface area (Å²) < 4.78 is 65.1. The average Bonchev–Trinajstić information content (AvgIpc) is 3.45. The molecule has 0 radical (unpaired) electrons. The number of carbonyl (C=O) groups is 8. The minimum Gasteiger partial charge on any atom is -0.463 e. The maximum Gasteiger partial charge on any atom is 0.330 e. The van der Waals surface area contributed by atoms with Gasteiger partial charge in [-0.2, -0.15) is 0 Å². The highest BCUT2D eigenvalue weighted by atomic mass is 16.6. The number of aliphatic hydroxyl groups is 2. The molecule has 0 saturated heterocycles.